The van der Waals surface area contributed by atoms with E-state index < -0.39 is 6.09 Å². The highest BCUT2D eigenvalue weighted by molar-refractivity contribution is 5.68. The fourth-order valence-corrected chi connectivity index (χ4v) is 4.35. The summed E-state index contributed by atoms with van der Waals surface area (Å²) >= 11 is 0. The van der Waals surface area contributed by atoms with Gasteiger partial charge in [0.2, 0.25) is 0 Å². The van der Waals surface area contributed by atoms with Crippen molar-refractivity contribution < 1.29 is 9.90 Å². The first-order valence-electron chi connectivity index (χ1n) is 9.62. The second-order valence-corrected chi connectivity index (χ2v) is 7.82. The van der Waals surface area contributed by atoms with Crippen molar-refractivity contribution in [1.29, 1.82) is 0 Å². The van der Waals surface area contributed by atoms with Crippen LogP contribution in [0.1, 0.15) is 69.2 Å². The molecule has 2 N–H and O–H groups in total. The lowest BCUT2D eigenvalue weighted by Crippen LogP contribution is -2.37. The van der Waals surface area contributed by atoms with Gasteiger partial charge in [-0.1, -0.05) is 70.2 Å². The number of hydrogen-bond donors (Lipinski definition) is 2. The molecule has 0 spiro atoms. The van der Waals surface area contributed by atoms with Gasteiger partial charge in [0.25, 0.3) is 0 Å². The van der Waals surface area contributed by atoms with E-state index in [9.17, 15) is 9.90 Å². The summed E-state index contributed by atoms with van der Waals surface area (Å²) in [6.07, 6.45) is 1.91. The Balaban J connectivity index is 1.98. The SMILES string of the molecule is CCC1(CC)Cc2cc(-c3ccc(C(C)C)cc3)ccc2C1NC(=O)O. The van der Waals surface area contributed by atoms with Crippen LogP contribution >= 0.6 is 0 Å². The van der Waals surface area contributed by atoms with E-state index in [1.54, 1.807) is 0 Å². The monoisotopic (exact) mass is 351 g/mol. The molecule has 26 heavy (non-hydrogen) atoms. The van der Waals surface area contributed by atoms with Crippen LogP contribution in [0.3, 0.4) is 0 Å². The standard InChI is InChI=1S/C23H29NO2/c1-5-23(6-2)14-19-13-18(11-12-20(19)21(23)24-22(25)26)17-9-7-16(8-10-17)15(3)4/h7-13,15,21,24H,5-6,14H2,1-4H3,(H,25,26). The molecule has 3 rings (SSSR count). The smallest absolute Gasteiger partial charge is 0.405 e. The van der Waals surface area contributed by atoms with Crippen LogP contribution in [0.5, 0.6) is 0 Å². The van der Waals surface area contributed by atoms with Crippen LogP contribution < -0.4 is 5.32 Å². The molecule has 0 saturated carbocycles. The molecule has 3 nitrogen and oxygen atoms in total. The summed E-state index contributed by atoms with van der Waals surface area (Å²) in [5, 5.41) is 12.1. The molecule has 0 heterocycles. The Bertz CT molecular complexity index is 788. The Morgan fingerprint density at radius 1 is 1.12 bits per heavy atom. The number of fused-ring (bicyclic) bond motifs is 1. The molecule has 2 aromatic carbocycles. The molecule has 1 unspecified atom stereocenters. The lowest BCUT2D eigenvalue weighted by atomic mass is 9.76. The van der Waals surface area contributed by atoms with E-state index in [0.29, 0.717) is 5.92 Å². The normalized spacial score (nSPS) is 18.0. The Kier molecular flexibility index (Phi) is 5.08. The summed E-state index contributed by atoms with van der Waals surface area (Å²) in [6.45, 7) is 8.74. The second kappa shape index (κ2) is 7.14. The van der Waals surface area contributed by atoms with Crippen LogP contribution in [-0.2, 0) is 6.42 Å². The average molecular weight is 351 g/mol. The third kappa shape index (κ3) is 3.23. The van der Waals surface area contributed by atoms with Crippen LogP contribution in [0.4, 0.5) is 4.79 Å². The minimum absolute atomic E-state index is 0.0269. The Labute approximate surface area is 156 Å². The summed E-state index contributed by atoms with van der Waals surface area (Å²) in [5.74, 6) is 0.529. The highest BCUT2D eigenvalue weighted by Crippen LogP contribution is 2.50. The van der Waals surface area contributed by atoms with Crippen molar-refractivity contribution in [2.75, 3.05) is 0 Å². The van der Waals surface area contributed by atoms with Crippen molar-refractivity contribution in [3.05, 3.63) is 59.2 Å². The van der Waals surface area contributed by atoms with Gasteiger partial charge in [-0.3, -0.25) is 0 Å². The number of benzene rings is 2. The fourth-order valence-electron chi connectivity index (χ4n) is 4.35. The van der Waals surface area contributed by atoms with E-state index in [1.165, 1.54) is 22.3 Å². The molecule has 0 bridgehead atoms. The van der Waals surface area contributed by atoms with Crippen LogP contribution in [0, 0.1) is 5.41 Å². The summed E-state index contributed by atoms with van der Waals surface area (Å²) in [4.78, 5) is 11.3. The third-order valence-electron chi connectivity index (χ3n) is 6.20. The van der Waals surface area contributed by atoms with Gasteiger partial charge in [-0.05, 0) is 58.4 Å². The van der Waals surface area contributed by atoms with Gasteiger partial charge >= 0.3 is 6.09 Å². The first kappa shape index (κ1) is 18.5. The lowest BCUT2D eigenvalue weighted by molar-refractivity contribution is 0.157. The topological polar surface area (TPSA) is 49.3 Å². The van der Waals surface area contributed by atoms with Crippen LogP contribution in [0.2, 0.25) is 0 Å². The van der Waals surface area contributed by atoms with Crippen LogP contribution in [-0.4, -0.2) is 11.2 Å². The van der Waals surface area contributed by atoms with Gasteiger partial charge in [0.15, 0.2) is 0 Å². The molecule has 1 atom stereocenters. The average Bonchev–Trinajstić information content (AvgIpc) is 2.94. The van der Waals surface area contributed by atoms with Gasteiger partial charge in [-0.25, -0.2) is 4.79 Å². The predicted molar refractivity (Wildman–Crippen MR) is 107 cm³/mol. The maximum atomic E-state index is 11.3. The molecule has 0 fully saturated rings. The van der Waals surface area contributed by atoms with Crippen molar-refractivity contribution in [1.82, 2.24) is 5.32 Å². The molecule has 0 saturated heterocycles. The van der Waals surface area contributed by atoms with E-state index in [-0.39, 0.29) is 11.5 Å². The van der Waals surface area contributed by atoms with E-state index in [2.05, 4.69) is 75.5 Å². The summed E-state index contributed by atoms with van der Waals surface area (Å²) in [7, 11) is 0. The quantitative estimate of drug-likeness (QED) is 0.679. The zero-order chi connectivity index (χ0) is 18.9. The molecule has 0 radical (unpaired) electrons. The number of carbonyl (C=O) groups is 1. The number of nitrogens with one attached hydrogen (secondary N) is 1. The van der Waals surface area contributed by atoms with Crippen LogP contribution in [0.25, 0.3) is 11.1 Å². The van der Waals surface area contributed by atoms with Gasteiger partial charge in [0, 0.05) is 0 Å². The number of rotatable bonds is 5. The van der Waals surface area contributed by atoms with Gasteiger partial charge in [0.05, 0.1) is 6.04 Å². The molecule has 1 aliphatic rings. The fraction of sp³-hybridized carbons (Fsp3) is 0.435. The Hall–Kier alpha value is -2.29. The minimum Gasteiger partial charge on any atom is -0.465 e. The Morgan fingerprint density at radius 3 is 2.27 bits per heavy atom. The number of carboxylic acid groups (broad SMARTS) is 1. The largest absolute Gasteiger partial charge is 0.465 e. The number of amides is 1. The maximum Gasteiger partial charge on any atom is 0.405 e. The van der Waals surface area contributed by atoms with Gasteiger partial charge in [-0.15, -0.1) is 0 Å². The molecule has 2 aromatic rings. The van der Waals surface area contributed by atoms with Crippen molar-refractivity contribution in [3.63, 3.8) is 0 Å². The van der Waals surface area contributed by atoms with Gasteiger partial charge in [0.1, 0.15) is 0 Å². The molecule has 1 amide bonds. The molecule has 138 valence electrons. The molecule has 0 aliphatic heterocycles. The highest BCUT2D eigenvalue weighted by atomic mass is 16.4. The van der Waals surface area contributed by atoms with Crippen molar-refractivity contribution in [3.8, 4) is 11.1 Å². The first-order chi connectivity index (χ1) is 12.4. The molecular weight excluding hydrogens is 322 g/mol. The molecule has 1 aliphatic carbocycles. The van der Waals surface area contributed by atoms with E-state index in [1.807, 2.05) is 0 Å². The molecular formula is C23H29NO2. The van der Waals surface area contributed by atoms with E-state index in [4.69, 9.17) is 0 Å². The number of hydrogen-bond acceptors (Lipinski definition) is 1. The first-order valence-corrected chi connectivity index (χ1v) is 9.62. The minimum atomic E-state index is -0.942. The second-order valence-electron chi connectivity index (χ2n) is 7.82. The lowest BCUT2D eigenvalue weighted by Gasteiger charge is -2.33. The van der Waals surface area contributed by atoms with Crippen molar-refractivity contribution in [2.45, 2.75) is 58.9 Å². The Morgan fingerprint density at radius 2 is 1.73 bits per heavy atom. The van der Waals surface area contributed by atoms with Crippen molar-refractivity contribution in [2.24, 2.45) is 5.41 Å². The van der Waals surface area contributed by atoms with E-state index in [0.717, 1.165) is 24.8 Å². The zero-order valence-corrected chi connectivity index (χ0v) is 16.2. The van der Waals surface area contributed by atoms with Crippen LogP contribution in [0.15, 0.2) is 42.5 Å². The maximum absolute atomic E-state index is 11.3. The van der Waals surface area contributed by atoms with Gasteiger partial charge in [-0.2, -0.15) is 0 Å². The summed E-state index contributed by atoms with van der Waals surface area (Å²) in [5.41, 5.74) is 6.15. The summed E-state index contributed by atoms with van der Waals surface area (Å²) < 4.78 is 0. The van der Waals surface area contributed by atoms with Gasteiger partial charge < -0.3 is 10.4 Å². The van der Waals surface area contributed by atoms with E-state index >= 15 is 0 Å². The zero-order valence-electron chi connectivity index (χ0n) is 16.2. The third-order valence-corrected chi connectivity index (χ3v) is 6.20. The highest BCUT2D eigenvalue weighted by Gasteiger charge is 2.44. The summed E-state index contributed by atoms with van der Waals surface area (Å²) in [6, 6.07) is 15.1. The molecule has 0 aromatic heterocycles. The molecule has 3 heteroatoms. The van der Waals surface area contributed by atoms with Crippen molar-refractivity contribution >= 4 is 6.09 Å². The predicted octanol–water partition coefficient (Wildman–Crippen LogP) is 6.15.